The molecule has 0 aliphatic carbocycles. The fourth-order valence-corrected chi connectivity index (χ4v) is 2.50. The molecule has 0 bridgehead atoms. The summed E-state index contributed by atoms with van der Waals surface area (Å²) in [4.78, 5) is 16.3. The van der Waals surface area contributed by atoms with Gasteiger partial charge in [0.15, 0.2) is 5.70 Å². The Hall–Kier alpha value is -3.34. The van der Waals surface area contributed by atoms with Gasteiger partial charge in [0.25, 0.3) is 0 Å². The molecule has 3 rings (SSSR count). The van der Waals surface area contributed by atoms with Crippen molar-refractivity contribution in [3.05, 3.63) is 71.4 Å². The van der Waals surface area contributed by atoms with E-state index in [0.717, 1.165) is 16.9 Å². The third kappa shape index (κ3) is 4.00. The number of methoxy groups -OCH3 is 1. The standard InChI is InChI=1S/C21H19NO4/c1-3-25-19-11-7-5-9-16(19)14-17-21(23)26-20(22-17)13-12-15-8-4-6-10-18(15)24-2/h4-14H,3H2,1-2H3/b13-12+,17-14+. The maximum Gasteiger partial charge on any atom is 0.363 e. The quantitative estimate of drug-likeness (QED) is 0.582. The van der Waals surface area contributed by atoms with Crippen molar-refractivity contribution in [2.75, 3.05) is 13.7 Å². The maximum atomic E-state index is 12.1. The molecule has 2 aromatic rings. The minimum absolute atomic E-state index is 0.233. The van der Waals surface area contributed by atoms with Crippen molar-refractivity contribution < 1.29 is 19.0 Å². The zero-order valence-electron chi connectivity index (χ0n) is 14.6. The fourth-order valence-electron chi connectivity index (χ4n) is 2.50. The van der Waals surface area contributed by atoms with E-state index < -0.39 is 5.97 Å². The van der Waals surface area contributed by atoms with Gasteiger partial charge in [0.05, 0.1) is 13.7 Å². The molecule has 0 N–H and O–H groups in total. The van der Waals surface area contributed by atoms with E-state index in [1.54, 1.807) is 25.3 Å². The van der Waals surface area contributed by atoms with Crippen LogP contribution in [0.1, 0.15) is 18.1 Å². The van der Waals surface area contributed by atoms with Gasteiger partial charge >= 0.3 is 5.97 Å². The van der Waals surface area contributed by atoms with Crippen LogP contribution in [-0.4, -0.2) is 25.6 Å². The van der Waals surface area contributed by atoms with Crippen LogP contribution < -0.4 is 9.47 Å². The van der Waals surface area contributed by atoms with E-state index in [2.05, 4.69) is 4.99 Å². The molecule has 0 spiro atoms. The number of rotatable bonds is 6. The normalized spacial score (nSPS) is 15.2. The molecule has 1 heterocycles. The van der Waals surface area contributed by atoms with Crippen LogP contribution in [0.5, 0.6) is 11.5 Å². The molecule has 5 nitrogen and oxygen atoms in total. The Labute approximate surface area is 152 Å². The molecule has 0 saturated heterocycles. The summed E-state index contributed by atoms with van der Waals surface area (Å²) in [5.74, 6) is 1.18. The molecule has 0 fully saturated rings. The van der Waals surface area contributed by atoms with Crippen LogP contribution >= 0.6 is 0 Å². The van der Waals surface area contributed by atoms with Gasteiger partial charge in [-0.25, -0.2) is 9.79 Å². The van der Waals surface area contributed by atoms with E-state index in [1.165, 1.54) is 0 Å². The van der Waals surface area contributed by atoms with Crippen LogP contribution in [0, 0.1) is 0 Å². The van der Waals surface area contributed by atoms with Gasteiger partial charge in [-0.05, 0) is 31.2 Å². The van der Waals surface area contributed by atoms with E-state index in [4.69, 9.17) is 14.2 Å². The molecule has 1 aliphatic rings. The summed E-state index contributed by atoms with van der Waals surface area (Å²) in [6, 6.07) is 15.0. The molecule has 0 atom stereocenters. The molecule has 0 amide bonds. The summed E-state index contributed by atoms with van der Waals surface area (Å²) in [6.45, 7) is 2.45. The van der Waals surface area contributed by atoms with Gasteiger partial charge < -0.3 is 14.2 Å². The van der Waals surface area contributed by atoms with Crippen LogP contribution in [0.25, 0.3) is 12.2 Å². The number of carbonyl (C=O) groups excluding carboxylic acids is 1. The van der Waals surface area contributed by atoms with Crippen molar-refractivity contribution in [1.82, 2.24) is 0 Å². The second-order valence-electron chi connectivity index (χ2n) is 5.42. The first-order chi connectivity index (χ1) is 12.7. The van der Waals surface area contributed by atoms with E-state index in [0.29, 0.717) is 12.4 Å². The van der Waals surface area contributed by atoms with E-state index in [9.17, 15) is 4.79 Å². The van der Waals surface area contributed by atoms with Crippen LogP contribution in [0.3, 0.4) is 0 Å². The summed E-state index contributed by atoms with van der Waals surface area (Å²) in [7, 11) is 1.61. The van der Waals surface area contributed by atoms with Crippen LogP contribution in [-0.2, 0) is 9.53 Å². The third-order valence-corrected chi connectivity index (χ3v) is 3.69. The highest BCUT2D eigenvalue weighted by atomic mass is 16.6. The molecule has 0 unspecified atom stereocenters. The van der Waals surface area contributed by atoms with Gasteiger partial charge in [0.2, 0.25) is 5.90 Å². The van der Waals surface area contributed by atoms with Gasteiger partial charge in [-0.2, -0.15) is 0 Å². The highest BCUT2D eigenvalue weighted by molar-refractivity contribution is 6.11. The summed E-state index contributed by atoms with van der Waals surface area (Å²) in [5, 5.41) is 0. The Morgan fingerprint density at radius 2 is 1.69 bits per heavy atom. The second-order valence-corrected chi connectivity index (χ2v) is 5.42. The number of cyclic esters (lactones) is 1. The van der Waals surface area contributed by atoms with E-state index >= 15 is 0 Å². The third-order valence-electron chi connectivity index (χ3n) is 3.69. The molecule has 2 aromatic carbocycles. The number of esters is 1. The average molecular weight is 349 g/mol. The summed E-state index contributed by atoms with van der Waals surface area (Å²) in [5.41, 5.74) is 1.88. The first kappa shape index (κ1) is 17.5. The Morgan fingerprint density at radius 1 is 1.00 bits per heavy atom. The average Bonchev–Trinajstić information content (AvgIpc) is 3.01. The number of aliphatic imine (C=N–C) groups is 1. The number of hydrogen-bond donors (Lipinski definition) is 0. The van der Waals surface area contributed by atoms with Gasteiger partial charge in [0, 0.05) is 17.2 Å². The Morgan fingerprint density at radius 3 is 2.42 bits per heavy atom. The highest BCUT2D eigenvalue weighted by Gasteiger charge is 2.21. The smallest absolute Gasteiger partial charge is 0.363 e. The van der Waals surface area contributed by atoms with Crippen LogP contribution in [0.15, 0.2) is 65.3 Å². The zero-order valence-corrected chi connectivity index (χ0v) is 14.6. The number of hydrogen-bond acceptors (Lipinski definition) is 5. The number of carbonyl (C=O) groups is 1. The maximum absolute atomic E-state index is 12.1. The Balaban J connectivity index is 1.84. The minimum Gasteiger partial charge on any atom is -0.496 e. The van der Waals surface area contributed by atoms with E-state index in [-0.39, 0.29) is 11.6 Å². The molecular formula is C21H19NO4. The van der Waals surface area contributed by atoms with Gasteiger partial charge in [-0.15, -0.1) is 0 Å². The number of nitrogens with zero attached hydrogens (tertiary/aromatic N) is 1. The lowest BCUT2D eigenvalue weighted by molar-refractivity contribution is -0.129. The van der Waals surface area contributed by atoms with Crippen molar-refractivity contribution in [3.63, 3.8) is 0 Å². The number of benzene rings is 2. The topological polar surface area (TPSA) is 57.1 Å². The van der Waals surface area contributed by atoms with Crippen molar-refractivity contribution in [1.29, 1.82) is 0 Å². The highest BCUT2D eigenvalue weighted by Crippen LogP contribution is 2.24. The van der Waals surface area contributed by atoms with Gasteiger partial charge in [0.1, 0.15) is 11.5 Å². The largest absolute Gasteiger partial charge is 0.496 e. The molecule has 0 aromatic heterocycles. The van der Waals surface area contributed by atoms with E-state index in [1.807, 2.05) is 55.5 Å². The zero-order chi connectivity index (χ0) is 18.4. The molecule has 0 radical (unpaired) electrons. The first-order valence-corrected chi connectivity index (χ1v) is 8.26. The second kappa shape index (κ2) is 8.16. The van der Waals surface area contributed by atoms with Crippen molar-refractivity contribution in [3.8, 4) is 11.5 Å². The fraction of sp³-hybridized carbons (Fsp3) is 0.143. The predicted molar refractivity (Wildman–Crippen MR) is 101 cm³/mol. The molecule has 5 heteroatoms. The lowest BCUT2D eigenvalue weighted by Gasteiger charge is -2.06. The molecule has 0 saturated carbocycles. The lowest BCUT2D eigenvalue weighted by Crippen LogP contribution is -2.01. The molecule has 26 heavy (non-hydrogen) atoms. The lowest BCUT2D eigenvalue weighted by atomic mass is 10.1. The monoisotopic (exact) mass is 349 g/mol. The molecular weight excluding hydrogens is 330 g/mol. The SMILES string of the molecule is CCOc1ccccc1/C=C1N=C(/C=C/c2ccccc2OC)OC/1=O. The number of ether oxygens (including phenoxy) is 3. The Kier molecular flexibility index (Phi) is 5.49. The summed E-state index contributed by atoms with van der Waals surface area (Å²) < 4.78 is 16.1. The number of para-hydroxylation sites is 2. The predicted octanol–water partition coefficient (Wildman–Crippen LogP) is 4.10. The van der Waals surface area contributed by atoms with Gasteiger partial charge in [-0.3, -0.25) is 0 Å². The molecule has 1 aliphatic heterocycles. The minimum atomic E-state index is -0.490. The van der Waals surface area contributed by atoms with Crippen LogP contribution in [0.2, 0.25) is 0 Å². The van der Waals surface area contributed by atoms with Gasteiger partial charge in [-0.1, -0.05) is 36.4 Å². The summed E-state index contributed by atoms with van der Waals surface area (Å²) >= 11 is 0. The summed E-state index contributed by atoms with van der Waals surface area (Å²) in [6.07, 6.45) is 5.10. The van der Waals surface area contributed by atoms with Crippen molar-refractivity contribution in [2.45, 2.75) is 6.92 Å². The molecule has 132 valence electrons. The van der Waals surface area contributed by atoms with Crippen molar-refractivity contribution >= 4 is 24.0 Å². The van der Waals surface area contributed by atoms with Crippen LogP contribution in [0.4, 0.5) is 0 Å². The first-order valence-electron chi connectivity index (χ1n) is 8.26. The Bertz CT molecular complexity index is 896. The van der Waals surface area contributed by atoms with Crippen molar-refractivity contribution in [2.24, 2.45) is 4.99 Å².